The van der Waals surface area contributed by atoms with Crippen molar-refractivity contribution in [3.05, 3.63) is 150 Å². The molecule has 0 saturated heterocycles. The van der Waals surface area contributed by atoms with E-state index in [-0.39, 0.29) is 35.5 Å². The van der Waals surface area contributed by atoms with Gasteiger partial charge in [0.05, 0.1) is 22.3 Å². The molecule has 260 valence electrons. The number of carbonyl (C=O) groups excluding carboxylic acids is 6. The van der Waals surface area contributed by atoms with E-state index in [4.69, 9.17) is 9.47 Å². The van der Waals surface area contributed by atoms with Crippen molar-refractivity contribution in [1.82, 2.24) is 9.80 Å². The van der Waals surface area contributed by atoms with Gasteiger partial charge < -0.3 is 9.47 Å². The van der Waals surface area contributed by atoms with Crippen LogP contribution in [0.15, 0.2) is 93.9 Å². The molecule has 2 atom stereocenters. The monoisotopic (exact) mass is 822 g/mol. The molecule has 4 aromatic rings. The van der Waals surface area contributed by atoms with Crippen molar-refractivity contribution in [2.45, 2.75) is 51.0 Å². The van der Waals surface area contributed by atoms with Crippen LogP contribution in [0.5, 0.6) is 0 Å². The van der Waals surface area contributed by atoms with Gasteiger partial charge in [0.25, 0.3) is 23.6 Å². The standard InChI is InChI=1S/C40H28Br2N2O8/c1-19(39(49)51-17-21-9-5-3-6-10-21)43-35(45)27-13-23-24(14-28(27)36(43)46)32-26-16-30-29(15-25(26)31(23)33(41)34(32)42)37(47)44(38(30)48)20(2)40(50)52-18-22-11-7-4-8-12-22/h3-16,19-20,31-32H,17-18H2,1-2H3/t19-,20-,31?,32?/m1/s1. The van der Waals surface area contributed by atoms with Gasteiger partial charge in [-0.05, 0) is 71.5 Å². The zero-order chi connectivity index (χ0) is 36.6. The highest BCUT2D eigenvalue weighted by atomic mass is 79.9. The number of imide groups is 2. The molecule has 10 nitrogen and oxygen atoms in total. The second-order valence-electron chi connectivity index (χ2n) is 13.1. The van der Waals surface area contributed by atoms with E-state index in [0.29, 0.717) is 0 Å². The molecule has 9 rings (SSSR count). The lowest BCUT2D eigenvalue weighted by molar-refractivity contribution is -0.149. The van der Waals surface area contributed by atoms with Crippen molar-refractivity contribution in [3.8, 4) is 0 Å². The third kappa shape index (κ3) is 5.18. The highest BCUT2D eigenvalue weighted by Gasteiger charge is 2.49. The molecular weight excluding hydrogens is 796 g/mol. The van der Waals surface area contributed by atoms with E-state index in [9.17, 15) is 28.8 Å². The number of fused-ring (bicyclic) bond motifs is 2. The van der Waals surface area contributed by atoms with Crippen molar-refractivity contribution < 1.29 is 38.2 Å². The van der Waals surface area contributed by atoms with Crippen molar-refractivity contribution in [2.75, 3.05) is 0 Å². The van der Waals surface area contributed by atoms with Crippen LogP contribution in [0.1, 0.15) is 100 Å². The summed E-state index contributed by atoms with van der Waals surface area (Å²) in [4.78, 5) is 83.0. The third-order valence-electron chi connectivity index (χ3n) is 10.1. The fourth-order valence-electron chi connectivity index (χ4n) is 7.45. The molecule has 0 unspecified atom stereocenters. The first-order chi connectivity index (χ1) is 25.0. The summed E-state index contributed by atoms with van der Waals surface area (Å²) in [5.41, 5.74) is 5.21. The first-order valence-electron chi connectivity index (χ1n) is 16.6. The number of amides is 4. The average molecular weight is 824 g/mol. The van der Waals surface area contributed by atoms with Crippen molar-refractivity contribution in [3.63, 3.8) is 0 Å². The molecule has 0 radical (unpaired) electrons. The van der Waals surface area contributed by atoms with Crippen LogP contribution in [0, 0.1) is 0 Å². The van der Waals surface area contributed by atoms with Crippen molar-refractivity contribution >= 4 is 67.4 Å². The maximum absolute atomic E-state index is 13.8. The lowest BCUT2D eigenvalue weighted by Crippen LogP contribution is -2.43. The van der Waals surface area contributed by atoms with Gasteiger partial charge in [0, 0.05) is 20.8 Å². The Balaban J connectivity index is 1.08. The number of allylic oxidation sites excluding steroid dienone is 2. The van der Waals surface area contributed by atoms with E-state index in [1.54, 1.807) is 24.3 Å². The molecule has 0 saturated carbocycles. The number of nitrogens with zero attached hydrogens (tertiary/aromatic N) is 2. The highest BCUT2D eigenvalue weighted by Crippen LogP contribution is 2.60. The van der Waals surface area contributed by atoms with Crippen LogP contribution in [0.4, 0.5) is 0 Å². The predicted octanol–water partition coefficient (Wildman–Crippen LogP) is 6.73. The molecule has 4 aromatic carbocycles. The third-order valence-corrected chi connectivity index (χ3v) is 12.4. The van der Waals surface area contributed by atoms with Crippen LogP contribution in [0.3, 0.4) is 0 Å². The number of esters is 2. The zero-order valence-electron chi connectivity index (χ0n) is 27.7. The lowest BCUT2D eigenvalue weighted by Gasteiger charge is -2.41. The molecule has 0 fully saturated rings. The van der Waals surface area contributed by atoms with Gasteiger partial charge >= 0.3 is 11.9 Å². The smallest absolute Gasteiger partial charge is 0.329 e. The first-order valence-corrected chi connectivity index (χ1v) is 18.1. The van der Waals surface area contributed by atoms with Gasteiger partial charge in [0.2, 0.25) is 0 Å². The summed E-state index contributed by atoms with van der Waals surface area (Å²) < 4.78 is 12.4. The number of hydrogen-bond donors (Lipinski definition) is 0. The molecule has 3 aliphatic carbocycles. The molecule has 0 spiro atoms. The van der Waals surface area contributed by atoms with Crippen LogP contribution in [0.2, 0.25) is 0 Å². The Morgan fingerprint density at radius 3 is 1.13 bits per heavy atom. The number of halogens is 2. The molecule has 0 aromatic heterocycles. The van der Waals surface area contributed by atoms with E-state index in [2.05, 4.69) is 31.9 Å². The topological polar surface area (TPSA) is 127 Å². The second-order valence-corrected chi connectivity index (χ2v) is 14.8. The van der Waals surface area contributed by atoms with Crippen LogP contribution < -0.4 is 0 Å². The second kappa shape index (κ2) is 12.8. The van der Waals surface area contributed by atoms with Gasteiger partial charge in [0.1, 0.15) is 25.3 Å². The fourth-order valence-corrected chi connectivity index (χ4v) is 8.89. The molecule has 2 bridgehead atoms. The Morgan fingerprint density at radius 2 is 0.846 bits per heavy atom. The van der Waals surface area contributed by atoms with Crippen LogP contribution in [-0.4, -0.2) is 57.5 Å². The van der Waals surface area contributed by atoms with E-state index in [0.717, 1.165) is 52.1 Å². The first kappa shape index (κ1) is 33.9. The molecule has 2 aliphatic heterocycles. The number of carbonyl (C=O) groups is 6. The minimum Gasteiger partial charge on any atom is -0.459 e. The SMILES string of the molecule is C[C@H](C(=O)OCc1ccccc1)N1C(=O)c2cc3c(cc2C1=O)C1C(Br)=C(Br)C3c2cc3c(cc21)C(=O)N([C@H](C)C(=O)OCc1ccccc1)C3=O. The fraction of sp³-hybridized carbons (Fsp3) is 0.200. The maximum Gasteiger partial charge on any atom is 0.329 e. The van der Waals surface area contributed by atoms with Crippen LogP contribution in [-0.2, 0) is 32.3 Å². The summed E-state index contributed by atoms with van der Waals surface area (Å²) in [5, 5.41) is 0. The van der Waals surface area contributed by atoms with Crippen LogP contribution >= 0.6 is 31.9 Å². The van der Waals surface area contributed by atoms with Gasteiger partial charge in [-0.25, -0.2) is 9.59 Å². The Kier molecular flexibility index (Phi) is 8.34. The number of benzene rings is 4. The summed E-state index contributed by atoms with van der Waals surface area (Å²) >= 11 is 7.47. The average Bonchev–Trinajstić information content (AvgIpc) is 3.55. The summed E-state index contributed by atoms with van der Waals surface area (Å²) in [6.45, 7) is 2.93. The largest absolute Gasteiger partial charge is 0.459 e. The quantitative estimate of drug-likeness (QED) is 0.141. The van der Waals surface area contributed by atoms with Gasteiger partial charge in [-0.15, -0.1) is 0 Å². The predicted molar refractivity (Wildman–Crippen MR) is 194 cm³/mol. The number of rotatable bonds is 8. The summed E-state index contributed by atoms with van der Waals surface area (Å²) in [6.07, 6.45) is 0. The Labute approximate surface area is 314 Å². The summed E-state index contributed by atoms with van der Waals surface area (Å²) in [6, 6.07) is 22.6. The molecule has 12 heteroatoms. The molecule has 2 heterocycles. The van der Waals surface area contributed by atoms with Gasteiger partial charge in [-0.3, -0.25) is 29.0 Å². The van der Waals surface area contributed by atoms with Crippen molar-refractivity contribution in [2.24, 2.45) is 0 Å². The summed E-state index contributed by atoms with van der Waals surface area (Å²) in [5.74, 6) is -4.79. The lowest BCUT2D eigenvalue weighted by atomic mass is 9.66. The Bertz CT molecular complexity index is 2060. The van der Waals surface area contributed by atoms with Gasteiger partial charge in [0.15, 0.2) is 0 Å². The minimum atomic E-state index is -1.17. The highest BCUT2D eigenvalue weighted by molar-refractivity contribution is 9.14. The molecule has 4 amide bonds. The van der Waals surface area contributed by atoms with Crippen LogP contribution in [0.25, 0.3) is 0 Å². The molecule has 0 N–H and O–H groups in total. The number of ether oxygens (including phenoxy) is 2. The Hall–Kier alpha value is -5.20. The van der Waals surface area contributed by atoms with Crippen molar-refractivity contribution in [1.29, 1.82) is 0 Å². The van der Waals surface area contributed by atoms with Gasteiger partial charge in [-0.2, -0.15) is 0 Å². The summed E-state index contributed by atoms with van der Waals surface area (Å²) in [7, 11) is 0. The van der Waals surface area contributed by atoms with E-state index in [1.807, 2.05) is 60.7 Å². The maximum atomic E-state index is 13.8. The molecular formula is C40H28Br2N2O8. The molecule has 5 aliphatic rings. The Morgan fingerprint density at radius 1 is 0.558 bits per heavy atom. The zero-order valence-corrected chi connectivity index (χ0v) is 30.9. The van der Waals surface area contributed by atoms with E-state index >= 15 is 0 Å². The molecule has 52 heavy (non-hydrogen) atoms. The number of hydrogen-bond acceptors (Lipinski definition) is 8. The minimum absolute atomic E-state index is 0.000813. The van der Waals surface area contributed by atoms with E-state index in [1.165, 1.54) is 13.8 Å². The normalized spacial score (nSPS) is 19.3. The van der Waals surface area contributed by atoms with Gasteiger partial charge in [-0.1, -0.05) is 92.5 Å². The van der Waals surface area contributed by atoms with E-state index < -0.39 is 59.5 Å².